The predicted molar refractivity (Wildman–Crippen MR) is 71.8 cm³/mol. The van der Waals surface area contributed by atoms with Crippen molar-refractivity contribution in [1.29, 1.82) is 0 Å². The number of nitrogen functional groups attached to an aromatic ring is 1. The summed E-state index contributed by atoms with van der Waals surface area (Å²) in [5.41, 5.74) is 6.72. The first-order chi connectivity index (χ1) is 7.79. The van der Waals surface area contributed by atoms with Gasteiger partial charge in [-0.15, -0.1) is 0 Å². The minimum atomic E-state index is -3.00. The first-order valence-electron chi connectivity index (χ1n) is 5.05. The number of carbonyl (C=O) groups excluding carboxylic acids is 1. The summed E-state index contributed by atoms with van der Waals surface area (Å²) in [6.07, 6.45) is 1.74. The zero-order chi connectivity index (χ0) is 13.1. The highest BCUT2D eigenvalue weighted by atomic mass is 79.9. The molecule has 1 rings (SSSR count). The molecule has 0 radical (unpaired) electrons. The average Bonchev–Trinajstić information content (AvgIpc) is 2.20. The molecule has 0 aliphatic heterocycles. The van der Waals surface area contributed by atoms with Gasteiger partial charge in [-0.3, -0.25) is 4.79 Å². The highest BCUT2D eigenvalue weighted by Gasteiger charge is 2.09. The summed E-state index contributed by atoms with van der Waals surface area (Å²) in [7, 11) is -3.00. The van der Waals surface area contributed by atoms with Crippen LogP contribution in [0.15, 0.2) is 22.7 Å². The summed E-state index contributed by atoms with van der Waals surface area (Å²) in [6.45, 7) is 0. The Bertz CT molecular complexity index is 526. The summed E-state index contributed by atoms with van der Waals surface area (Å²) in [5, 5.41) is 0. The number of Topliss-reactive ketones (excluding diaryl/α,β-unsaturated/α-hetero) is 1. The van der Waals surface area contributed by atoms with Gasteiger partial charge in [0.1, 0.15) is 9.84 Å². The Balaban J connectivity index is 2.61. The lowest BCUT2D eigenvalue weighted by Crippen LogP contribution is -2.06. The number of rotatable bonds is 5. The van der Waals surface area contributed by atoms with Crippen LogP contribution in [0.3, 0.4) is 0 Å². The summed E-state index contributed by atoms with van der Waals surface area (Å²) < 4.78 is 22.5. The van der Waals surface area contributed by atoms with E-state index in [-0.39, 0.29) is 18.0 Å². The minimum Gasteiger partial charge on any atom is -0.398 e. The van der Waals surface area contributed by atoms with Crippen LogP contribution >= 0.6 is 15.9 Å². The molecule has 0 unspecified atom stereocenters. The van der Waals surface area contributed by atoms with Gasteiger partial charge in [-0.1, -0.05) is 0 Å². The molecular weight excluding hydrogens is 306 g/mol. The van der Waals surface area contributed by atoms with Crippen LogP contribution in [0.25, 0.3) is 0 Å². The van der Waals surface area contributed by atoms with Gasteiger partial charge in [0.05, 0.1) is 5.75 Å². The summed E-state index contributed by atoms with van der Waals surface area (Å²) in [6, 6.07) is 4.94. The Labute approximate surface area is 109 Å². The van der Waals surface area contributed by atoms with Gasteiger partial charge in [-0.2, -0.15) is 0 Å². The standard InChI is InChI=1S/C11H14BrNO3S/c1-17(15,16)6-2-3-11(14)8-4-5-10(13)9(12)7-8/h4-5,7H,2-3,6,13H2,1H3. The number of hydrogen-bond acceptors (Lipinski definition) is 4. The Kier molecular flexibility index (Phi) is 4.70. The lowest BCUT2D eigenvalue weighted by Gasteiger charge is -2.03. The Morgan fingerprint density at radius 3 is 2.59 bits per heavy atom. The van der Waals surface area contributed by atoms with E-state index in [4.69, 9.17) is 5.73 Å². The van der Waals surface area contributed by atoms with Gasteiger partial charge in [-0.25, -0.2) is 8.42 Å². The van der Waals surface area contributed by atoms with E-state index in [1.54, 1.807) is 18.2 Å². The van der Waals surface area contributed by atoms with Crippen molar-refractivity contribution in [3.63, 3.8) is 0 Å². The second kappa shape index (κ2) is 5.64. The Morgan fingerprint density at radius 2 is 2.06 bits per heavy atom. The van der Waals surface area contributed by atoms with E-state index in [0.717, 1.165) is 6.26 Å². The first-order valence-corrected chi connectivity index (χ1v) is 7.91. The van der Waals surface area contributed by atoms with Crippen LogP contribution in [-0.4, -0.2) is 26.2 Å². The molecule has 0 atom stereocenters. The maximum Gasteiger partial charge on any atom is 0.162 e. The quantitative estimate of drug-likeness (QED) is 0.665. The molecule has 1 aromatic carbocycles. The number of carbonyl (C=O) groups is 1. The normalized spacial score (nSPS) is 11.4. The zero-order valence-electron chi connectivity index (χ0n) is 9.44. The summed E-state index contributed by atoms with van der Waals surface area (Å²) in [4.78, 5) is 11.7. The average molecular weight is 320 g/mol. The van der Waals surface area contributed by atoms with Gasteiger partial charge < -0.3 is 5.73 Å². The van der Waals surface area contributed by atoms with Crippen LogP contribution in [-0.2, 0) is 9.84 Å². The van der Waals surface area contributed by atoms with Crippen molar-refractivity contribution in [3.05, 3.63) is 28.2 Å². The Morgan fingerprint density at radius 1 is 1.41 bits per heavy atom. The van der Waals surface area contributed by atoms with Crippen molar-refractivity contribution in [2.24, 2.45) is 0 Å². The third kappa shape index (κ3) is 4.87. The van der Waals surface area contributed by atoms with Gasteiger partial charge in [-0.05, 0) is 40.5 Å². The Hall–Kier alpha value is -0.880. The smallest absolute Gasteiger partial charge is 0.162 e. The van der Waals surface area contributed by atoms with Crippen molar-refractivity contribution in [1.82, 2.24) is 0 Å². The van der Waals surface area contributed by atoms with Crippen LogP contribution in [0.5, 0.6) is 0 Å². The van der Waals surface area contributed by atoms with E-state index in [1.807, 2.05) is 0 Å². The molecule has 0 aromatic heterocycles. The third-order valence-corrected chi connectivity index (χ3v) is 3.96. The van der Waals surface area contributed by atoms with Gasteiger partial charge in [0.2, 0.25) is 0 Å². The molecule has 0 spiro atoms. The van der Waals surface area contributed by atoms with Crippen LogP contribution in [0.1, 0.15) is 23.2 Å². The lowest BCUT2D eigenvalue weighted by atomic mass is 10.1. The van der Waals surface area contributed by atoms with Gasteiger partial charge in [0.25, 0.3) is 0 Å². The topological polar surface area (TPSA) is 77.2 Å². The predicted octanol–water partition coefficient (Wildman–Crippen LogP) is 2.04. The van der Waals surface area contributed by atoms with E-state index >= 15 is 0 Å². The number of hydrogen-bond donors (Lipinski definition) is 1. The van der Waals surface area contributed by atoms with Crippen LogP contribution in [0.4, 0.5) is 5.69 Å². The molecule has 0 saturated heterocycles. The molecule has 0 saturated carbocycles. The van der Waals surface area contributed by atoms with Gasteiger partial charge >= 0.3 is 0 Å². The molecule has 94 valence electrons. The first kappa shape index (κ1) is 14.2. The summed E-state index contributed by atoms with van der Waals surface area (Å²) in [5.74, 6) is -0.0381. The number of benzene rings is 1. The molecule has 1 aromatic rings. The largest absolute Gasteiger partial charge is 0.398 e. The highest BCUT2D eigenvalue weighted by Crippen LogP contribution is 2.21. The number of nitrogens with two attached hydrogens (primary N) is 1. The number of anilines is 1. The van der Waals surface area contributed by atoms with Crippen molar-refractivity contribution in [3.8, 4) is 0 Å². The number of sulfone groups is 1. The fourth-order valence-corrected chi connectivity index (χ4v) is 2.39. The van der Waals surface area contributed by atoms with Gasteiger partial charge in [0.15, 0.2) is 5.78 Å². The summed E-state index contributed by atoms with van der Waals surface area (Å²) >= 11 is 3.24. The van der Waals surface area contributed by atoms with Crippen LogP contribution in [0.2, 0.25) is 0 Å². The van der Waals surface area contributed by atoms with E-state index < -0.39 is 9.84 Å². The molecule has 0 fully saturated rings. The van der Waals surface area contributed by atoms with Crippen LogP contribution in [0, 0.1) is 0 Å². The lowest BCUT2D eigenvalue weighted by molar-refractivity contribution is 0.0982. The maximum atomic E-state index is 11.7. The SMILES string of the molecule is CS(=O)(=O)CCCC(=O)c1ccc(N)c(Br)c1. The van der Waals surface area contributed by atoms with Crippen molar-refractivity contribution >= 4 is 37.2 Å². The third-order valence-electron chi connectivity index (χ3n) is 2.24. The fraction of sp³-hybridized carbons (Fsp3) is 0.364. The molecule has 0 amide bonds. The van der Waals surface area contributed by atoms with Gasteiger partial charge in [0, 0.05) is 28.4 Å². The highest BCUT2D eigenvalue weighted by molar-refractivity contribution is 9.10. The molecule has 6 heteroatoms. The number of halogens is 1. The molecule has 17 heavy (non-hydrogen) atoms. The maximum absolute atomic E-state index is 11.7. The molecule has 0 aliphatic carbocycles. The second-order valence-electron chi connectivity index (χ2n) is 3.89. The van der Waals surface area contributed by atoms with Crippen molar-refractivity contribution in [2.75, 3.05) is 17.7 Å². The van der Waals surface area contributed by atoms with Crippen molar-refractivity contribution < 1.29 is 13.2 Å². The molecule has 0 aliphatic rings. The van der Waals surface area contributed by atoms with E-state index in [1.165, 1.54) is 0 Å². The molecule has 0 bridgehead atoms. The molecule has 0 heterocycles. The fourth-order valence-electron chi connectivity index (χ4n) is 1.34. The van der Waals surface area contributed by atoms with E-state index in [2.05, 4.69) is 15.9 Å². The molecular formula is C11H14BrNO3S. The zero-order valence-corrected chi connectivity index (χ0v) is 11.8. The second-order valence-corrected chi connectivity index (χ2v) is 7.01. The molecule has 4 nitrogen and oxygen atoms in total. The number of ketones is 1. The monoisotopic (exact) mass is 319 g/mol. The molecule has 2 N–H and O–H groups in total. The van der Waals surface area contributed by atoms with Crippen LogP contribution < -0.4 is 5.73 Å². The van der Waals surface area contributed by atoms with E-state index in [0.29, 0.717) is 22.1 Å². The minimum absolute atomic E-state index is 0.0366. The van der Waals surface area contributed by atoms with E-state index in [9.17, 15) is 13.2 Å². The van der Waals surface area contributed by atoms with Crippen molar-refractivity contribution in [2.45, 2.75) is 12.8 Å².